The Kier molecular flexibility index (Phi) is 6.16. The van der Waals surface area contributed by atoms with E-state index in [1.807, 2.05) is 48.5 Å². The van der Waals surface area contributed by atoms with Gasteiger partial charge in [0.1, 0.15) is 12.4 Å². The van der Waals surface area contributed by atoms with Crippen molar-refractivity contribution in [2.45, 2.75) is 62.9 Å². The molecule has 2 aromatic rings. The molecule has 0 spiro atoms. The smallest absolute Gasteiger partial charge is 0.119 e. The van der Waals surface area contributed by atoms with Crippen molar-refractivity contribution in [3.05, 3.63) is 64.7 Å². The minimum absolute atomic E-state index is 0.162. The number of aliphatic hydroxyl groups excluding tert-OH is 2. The average molecular weight is 416 g/mol. The van der Waals surface area contributed by atoms with Crippen molar-refractivity contribution in [3.63, 3.8) is 0 Å². The highest BCUT2D eigenvalue weighted by Gasteiger charge is 2.57. The Morgan fingerprint density at radius 1 is 1.03 bits per heavy atom. The monoisotopic (exact) mass is 415 g/mol. The van der Waals surface area contributed by atoms with E-state index < -0.39 is 17.6 Å². The van der Waals surface area contributed by atoms with Crippen LogP contribution >= 0.6 is 11.6 Å². The van der Waals surface area contributed by atoms with E-state index in [0.717, 1.165) is 42.8 Å². The molecule has 2 aliphatic heterocycles. The van der Waals surface area contributed by atoms with E-state index in [9.17, 15) is 10.2 Å². The number of rotatable bonds is 6. The minimum atomic E-state index is -0.631. The molecule has 0 aromatic heterocycles. The number of halogens is 1. The van der Waals surface area contributed by atoms with E-state index in [-0.39, 0.29) is 6.04 Å². The van der Waals surface area contributed by atoms with E-state index in [1.165, 1.54) is 0 Å². The van der Waals surface area contributed by atoms with Crippen molar-refractivity contribution in [3.8, 4) is 5.75 Å². The summed E-state index contributed by atoms with van der Waals surface area (Å²) in [5.41, 5.74) is 1.32. The maximum atomic E-state index is 11.1. The van der Waals surface area contributed by atoms with E-state index in [1.54, 1.807) is 0 Å². The highest BCUT2D eigenvalue weighted by atomic mass is 35.5. The second kappa shape index (κ2) is 8.65. The summed E-state index contributed by atoms with van der Waals surface area (Å²) < 4.78 is 5.93. The van der Waals surface area contributed by atoms with E-state index >= 15 is 0 Å². The largest absolute Gasteiger partial charge is 0.489 e. The number of hydrogen-bond acceptors (Lipinski definition) is 4. The molecule has 0 aliphatic carbocycles. The third-order valence-electron chi connectivity index (χ3n) is 6.74. The Morgan fingerprint density at radius 3 is 2.31 bits per heavy atom. The Bertz CT molecular complexity index is 811. The number of benzene rings is 2. The standard InChI is InChI=1S/C24H30ClNO3/c1-2-5-21-24(22(27)12-14-26(21)15-13-23(24)28)18-8-10-19(11-9-18)29-16-17-6-3-4-7-20(17)25/h3-4,6-11,21-23,27-28H,2,5,12-16H2,1H3. The molecule has 4 rings (SSSR count). The van der Waals surface area contributed by atoms with Crippen LogP contribution in [0.25, 0.3) is 0 Å². The van der Waals surface area contributed by atoms with Gasteiger partial charge in [0, 0.05) is 29.7 Å². The van der Waals surface area contributed by atoms with Crippen molar-refractivity contribution < 1.29 is 14.9 Å². The van der Waals surface area contributed by atoms with Crippen molar-refractivity contribution in [1.29, 1.82) is 0 Å². The van der Waals surface area contributed by atoms with Crippen LogP contribution < -0.4 is 4.74 Å². The Balaban J connectivity index is 1.59. The summed E-state index contributed by atoms with van der Waals surface area (Å²) in [5, 5.41) is 22.9. The van der Waals surface area contributed by atoms with Crippen molar-refractivity contribution in [1.82, 2.24) is 4.90 Å². The summed E-state index contributed by atoms with van der Waals surface area (Å²) in [6.45, 7) is 4.38. The van der Waals surface area contributed by atoms with Crippen LogP contribution in [-0.4, -0.2) is 46.5 Å². The second-order valence-electron chi connectivity index (χ2n) is 8.29. The summed E-state index contributed by atoms with van der Waals surface area (Å²) in [5.74, 6) is 0.754. The van der Waals surface area contributed by atoms with E-state index in [2.05, 4.69) is 11.8 Å². The lowest BCUT2D eigenvalue weighted by molar-refractivity contribution is -0.134. The molecule has 2 N–H and O–H groups in total. The SMILES string of the molecule is CCCC1N2CCC(O)C1(c1ccc(OCc3ccccc3Cl)cc1)C(O)CC2. The Morgan fingerprint density at radius 2 is 1.69 bits per heavy atom. The van der Waals surface area contributed by atoms with Crippen LogP contribution in [0.2, 0.25) is 5.02 Å². The zero-order valence-electron chi connectivity index (χ0n) is 16.9. The van der Waals surface area contributed by atoms with Gasteiger partial charge in [-0.15, -0.1) is 0 Å². The molecule has 3 atom stereocenters. The van der Waals surface area contributed by atoms with Crippen LogP contribution in [0.3, 0.4) is 0 Å². The predicted octanol–water partition coefficient (Wildman–Crippen LogP) is 4.16. The average Bonchev–Trinajstić information content (AvgIpc) is 2.73. The molecule has 0 saturated carbocycles. The first-order valence-electron chi connectivity index (χ1n) is 10.6. The Labute approximate surface area is 178 Å². The van der Waals surface area contributed by atoms with Gasteiger partial charge in [0.25, 0.3) is 0 Å². The number of nitrogens with zero attached hydrogens (tertiary/aromatic N) is 1. The summed E-state index contributed by atoms with van der Waals surface area (Å²) >= 11 is 6.21. The number of aliphatic hydroxyl groups is 2. The fourth-order valence-electron chi connectivity index (χ4n) is 5.33. The van der Waals surface area contributed by atoms with Crippen LogP contribution in [0.4, 0.5) is 0 Å². The van der Waals surface area contributed by atoms with Gasteiger partial charge in [-0.1, -0.05) is 55.3 Å². The molecule has 2 saturated heterocycles. The van der Waals surface area contributed by atoms with Gasteiger partial charge in [-0.3, -0.25) is 4.90 Å². The second-order valence-corrected chi connectivity index (χ2v) is 8.69. The normalized spacial score (nSPS) is 31.4. The van der Waals surface area contributed by atoms with Gasteiger partial charge < -0.3 is 14.9 Å². The third kappa shape index (κ3) is 3.68. The summed E-state index contributed by atoms with van der Waals surface area (Å²) in [4.78, 5) is 2.46. The maximum absolute atomic E-state index is 11.1. The van der Waals surface area contributed by atoms with Gasteiger partial charge in [0.05, 0.1) is 17.6 Å². The molecule has 2 aliphatic rings. The minimum Gasteiger partial charge on any atom is -0.489 e. The van der Waals surface area contributed by atoms with E-state index in [0.29, 0.717) is 24.5 Å². The third-order valence-corrected chi connectivity index (χ3v) is 7.11. The van der Waals surface area contributed by atoms with Gasteiger partial charge in [0.15, 0.2) is 0 Å². The first-order chi connectivity index (χ1) is 14.1. The zero-order valence-corrected chi connectivity index (χ0v) is 17.7. The summed E-state index contributed by atoms with van der Waals surface area (Å²) in [6.07, 6.45) is 2.31. The lowest BCUT2D eigenvalue weighted by atomic mass is 9.59. The molecule has 4 nitrogen and oxygen atoms in total. The molecular formula is C24H30ClNO3. The summed E-state index contributed by atoms with van der Waals surface area (Å²) in [6, 6.07) is 15.7. The molecule has 2 aromatic carbocycles. The lowest BCUT2D eigenvalue weighted by Crippen LogP contribution is -2.70. The van der Waals surface area contributed by atoms with Crippen molar-refractivity contribution in [2.24, 2.45) is 0 Å². The van der Waals surface area contributed by atoms with Crippen molar-refractivity contribution >= 4 is 11.6 Å². The molecule has 156 valence electrons. The van der Waals surface area contributed by atoms with Gasteiger partial charge in [-0.2, -0.15) is 0 Å². The van der Waals surface area contributed by atoms with Crippen LogP contribution in [0.15, 0.2) is 48.5 Å². The quantitative estimate of drug-likeness (QED) is 0.743. The first kappa shape index (κ1) is 20.7. The molecule has 2 heterocycles. The fourth-order valence-corrected chi connectivity index (χ4v) is 5.52. The highest BCUT2D eigenvalue weighted by molar-refractivity contribution is 6.31. The zero-order chi connectivity index (χ0) is 20.4. The highest BCUT2D eigenvalue weighted by Crippen LogP contribution is 2.48. The van der Waals surface area contributed by atoms with Crippen LogP contribution in [0.1, 0.15) is 43.7 Å². The molecule has 5 heteroatoms. The van der Waals surface area contributed by atoms with Crippen LogP contribution in [0.5, 0.6) is 5.75 Å². The van der Waals surface area contributed by atoms with Crippen LogP contribution in [-0.2, 0) is 12.0 Å². The maximum Gasteiger partial charge on any atom is 0.119 e. The van der Waals surface area contributed by atoms with Crippen molar-refractivity contribution in [2.75, 3.05) is 13.1 Å². The first-order valence-corrected chi connectivity index (χ1v) is 11.0. The van der Waals surface area contributed by atoms with Gasteiger partial charge >= 0.3 is 0 Å². The number of ether oxygens (including phenoxy) is 1. The molecule has 2 fully saturated rings. The molecule has 3 unspecified atom stereocenters. The van der Waals surface area contributed by atoms with Gasteiger partial charge in [-0.25, -0.2) is 0 Å². The predicted molar refractivity (Wildman–Crippen MR) is 115 cm³/mol. The van der Waals surface area contributed by atoms with Crippen LogP contribution in [0, 0.1) is 0 Å². The summed E-state index contributed by atoms with van der Waals surface area (Å²) in [7, 11) is 0. The molecular weight excluding hydrogens is 386 g/mol. The topological polar surface area (TPSA) is 52.9 Å². The van der Waals surface area contributed by atoms with Gasteiger partial charge in [0.2, 0.25) is 0 Å². The van der Waals surface area contributed by atoms with E-state index in [4.69, 9.17) is 16.3 Å². The van der Waals surface area contributed by atoms with Gasteiger partial charge in [-0.05, 0) is 43.0 Å². The molecule has 29 heavy (non-hydrogen) atoms. The lowest BCUT2D eigenvalue weighted by Gasteiger charge is -2.59. The number of hydrogen-bond donors (Lipinski definition) is 2. The molecule has 0 radical (unpaired) electrons. The molecule has 0 amide bonds. The fraction of sp³-hybridized carbons (Fsp3) is 0.500. The Hall–Kier alpha value is -1.59. The number of piperidine rings is 2. The molecule has 2 bridgehead atoms. The number of fused-ring (bicyclic) bond motifs is 2.